The lowest BCUT2D eigenvalue weighted by Crippen LogP contribution is -2.49. The third-order valence-electron chi connectivity index (χ3n) is 5.59. The number of amides is 3. The lowest BCUT2D eigenvalue weighted by molar-refractivity contribution is 0.0951. The first-order chi connectivity index (χ1) is 16.7. The molecule has 190 valence electrons. The Morgan fingerprint density at radius 3 is 1.97 bits per heavy atom. The molecule has 1 aromatic heterocycles. The topological polar surface area (TPSA) is 132 Å². The normalized spacial score (nSPS) is 11.6. The average molecular weight is 508 g/mol. The zero-order chi connectivity index (χ0) is 26.8. The number of nitrogens with zero attached hydrogens (tertiary/aromatic N) is 1. The second kappa shape index (κ2) is 10.0. The highest BCUT2D eigenvalue weighted by molar-refractivity contribution is 7.12. The van der Waals surface area contributed by atoms with E-state index in [-0.39, 0.29) is 11.6 Å². The number of phenols is 1. The summed E-state index contributed by atoms with van der Waals surface area (Å²) in [4.78, 5) is 26.2. The van der Waals surface area contributed by atoms with E-state index >= 15 is 0 Å². The zero-order valence-electron chi connectivity index (χ0n) is 21.4. The highest BCUT2D eigenvalue weighted by Gasteiger charge is 2.29. The summed E-state index contributed by atoms with van der Waals surface area (Å²) >= 11 is 1.46. The van der Waals surface area contributed by atoms with Crippen molar-refractivity contribution >= 4 is 40.5 Å². The summed E-state index contributed by atoms with van der Waals surface area (Å²) in [5.74, 6) is -0.110. The highest BCUT2D eigenvalue weighted by atomic mass is 32.1. The van der Waals surface area contributed by atoms with Crippen LogP contribution >= 0.6 is 11.3 Å². The molecule has 6 N–H and O–H groups in total. The van der Waals surface area contributed by atoms with E-state index in [2.05, 4.69) is 10.7 Å². The number of hydrogen-bond acceptors (Lipinski definition) is 5. The van der Waals surface area contributed by atoms with Crippen LogP contribution in [0.5, 0.6) is 5.75 Å². The van der Waals surface area contributed by atoms with Gasteiger partial charge in [0.15, 0.2) is 0 Å². The number of primary amides is 1. The Bertz CT molecular complexity index is 1240. The van der Waals surface area contributed by atoms with Gasteiger partial charge in [-0.2, -0.15) is 0 Å². The summed E-state index contributed by atoms with van der Waals surface area (Å²) in [7, 11) is 0. The smallest absolute Gasteiger partial charge is 0.338 e. The fourth-order valence-corrected chi connectivity index (χ4v) is 4.27. The Hall–Kier alpha value is -3.85. The van der Waals surface area contributed by atoms with Crippen molar-refractivity contribution in [2.45, 2.75) is 52.4 Å². The Kier molecular flexibility index (Phi) is 7.45. The molecule has 0 aliphatic rings. The van der Waals surface area contributed by atoms with Crippen LogP contribution in [0.15, 0.2) is 53.9 Å². The molecule has 0 radical (unpaired) electrons. The molecule has 36 heavy (non-hydrogen) atoms. The van der Waals surface area contributed by atoms with E-state index in [4.69, 9.17) is 11.1 Å². The highest BCUT2D eigenvalue weighted by Crippen LogP contribution is 2.41. The van der Waals surface area contributed by atoms with Crippen LogP contribution in [0.2, 0.25) is 0 Å². The number of nitrogens with two attached hydrogens (primary N) is 1. The predicted octanol–water partition coefficient (Wildman–Crippen LogP) is 5.72. The minimum atomic E-state index is -0.864. The maximum absolute atomic E-state index is 13.0. The van der Waals surface area contributed by atoms with Gasteiger partial charge in [0, 0.05) is 22.4 Å². The van der Waals surface area contributed by atoms with Gasteiger partial charge in [-0.25, -0.2) is 9.80 Å². The molecule has 0 unspecified atom stereocenters. The van der Waals surface area contributed by atoms with Gasteiger partial charge in [0.1, 0.15) is 11.6 Å². The molecule has 0 bridgehead atoms. The van der Waals surface area contributed by atoms with Crippen LogP contribution in [0, 0.1) is 5.41 Å². The Morgan fingerprint density at radius 2 is 1.53 bits per heavy atom. The van der Waals surface area contributed by atoms with Gasteiger partial charge in [-0.15, -0.1) is 11.3 Å². The molecule has 1 heterocycles. The first-order valence-corrected chi connectivity index (χ1v) is 12.3. The summed E-state index contributed by atoms with van der Waals surface area (Å²) in [6, 6.07) is 12.7. The predicted molar refractivity (Wildman–Crippen MR) is 146 cm³/mol. The number of rotatable bonds is 4. The maximum atomic E-state index is 13.0. The van der Waals surface area contributed by atoms with Crippen molar-refractivity contribution in [1.82, 2.24) is 5.43 Å². The van der Waals surface area contributed by atoms with Gasteiger partial charge in [-0.1, -0.05) is 47.6 Å². The van der Waals surface area contributed by atoms with Gasteiger partial charge < -0.3 is 16.2 Å². The monoisotopic (exact) mass is 507 g/mol. The molecule has 3 rings (SSSR count). The third kappa shape index (κ3) is 6.04. The lowest BCUT2D eigenvalue weighted by Gasteiger charge is -2.30. The molecule has 0 aliphatic carbocycles. The van der Waals surface area contributed by atoms with Crippen molar-refractivity contribution < 1.29 is 14.7 Å². The van der Waals surface area contributed by atoms with E-state index in [0.29, 0.717) is 28.1 Å². The average Bonchev–Trinajstić information content (AvgIpc) is 3.31. The third-order valence-corrected chi connectivity index (χ3v) is 6.47. The number of benzene rings is 2. The zero-order valence-corrected chi connectivity index (χ0v) is 22.2. The number of phenolic OH excluding ortho intramolecular Hbond substituents is 1. The number of carbonyl (C=O) groups excluding carboxylic acids is 2. The number of nitrogens with one attached hydrogen (secondary N) is 3. The Labute approximate surface area is 215 Å². The molecule has 0 atom stereocenters. The molecule has 0 fully saturated rings. The minimum absolute atomic E-state index is 0.158. The van der Waals surface area contributed by atoms with E-state index in [1.807, 2.05) is 59.1 Å². The van der Waals surface area contributed by atoms with E-state index in [9.17, 15) is 14.7 Å². The number of amidine groups is 1. The molecule has 0 saturated carbocycles. The first kappa shape index (κ1) is 26.7. The summed E-state index contributed by atoms with van der Waals surface area (Å²) in [5, 5.41) is 25.0. The molecule has 9 heteroatoms. The Balaban J connectivity index is 1.88. The summed E-state index contributed by atoms with van der Waals surface area (Å²) in [5.41, 5.74) is 9.97. The molecular formula is C27H33N5O3S. The molecule has 2 aromatic carbocycles. The van der Waals surface area contributed by atoms with Crippen molar-refractivity contribution in [2.24, 2.45) is 5.73 Å². The van der Waals surface area contributed by atoms with Gasteiger partial charge in [-0.05, 0) is 58.7 Å². The van der Waals surface area contributed by atoms with Gasteiger partial charge in [-0.3, -0.25) is 15.6 Å². The van der Waals surface area contributed by atoms with Crippen LogP contribution in [0.3, 0.4) is 0 Å². The fraction of sp³-hybridized carbons (Fsp3) is 0.296. The molecule has 0 saturated heterocycles. The number of hydrazine groups is 1. The number of thiophene rings is 1. The summed E-state index contributed by atoms with van der Waals surface area (Å²) in [6.45, 7) is 11.7. The van der Waals surface area contributed by atoms with Crippen molar-refractivity contribution in [3.8, 4) is 5.75 Å². The van der Waals surface area contributed by atoms with Gasteiger partial charge >= 0.3 is 6.03 Å². The molecule has 3 aromatic rings. The number of urea groups is 1. The van der Waals surface area contributed by atoms with Gasteiger partial charge in [0.2, 0.25) is 0 Å². The summed E-state index contributed by atoms with van der Waals surface area (Å²) < 4.78 is 0. The van der Waals surface area contributed by atoms with E-state index < -0.39 is 22.8 Å². The fourth-order valence-electron chi connectivity index (χ4n) is 3.64. The summed E-state index contributed by atoms with van der Waals surface area (Å²) in [6.07, 6.45) is 0. The molecule has 0 spiro atoms. The lowest BCUT2D eigenvalue weighted by atomic mass is 9.79. The molecule has 3 amide bonds. The van der Waals surface area contributed by atoms with Gasteiger partial charge in [0.05, 0.1) is 10.6 Å². The number of carbonyl (C=O) groups is 2. The van der Waals surface area contributed by atoms with E-state index in [0.717, 1.165) is 9.89 Å². The quantitative estimate of drug-likeness (QED) is 0.176. The van der Waals surface area contributed by atoms with Crippen LogP contribution in [-0.2, 0) is 10.8 Å². The van der Waals surface area contributed by atoms with Crippen LogP contribution < -0.4 is 21.5 Å². The second-order valence-electron chi connectivity index (χ2n) is 10.6. The largest absolute Gasteiger partial charge is 0.507 e. The van der Waals surface area contributed by atoms with Crippen molar-refractivity contribution in [3.05, 3.63) is 75.5 Å². The number of aromatic hydroxyl groups is 1. The van der Waals surface area contributed by atoms with Crippen LogP contribution in [0.1, 0.15) is 67.9 Å². The first-order valence-electron chi connectivity index (χ1n) is 11.5. The minimum Gasteiger partial charge on any atom is -0.507 e. The SMILES string of the molecule is CC(C)(C)c1cc(N(NC(=O)c2ccc(NC(=N)c3cccs3)cc2)C(N)=O)cc(C(C)(C)C)c1O. The molecule has 8 nitrogen and oxygen atoms in total. The van der Waals surface area contributed by atoms with Crippen LogP contribution in [0.4, 0.5) is 16.2 Å². The van der Waals surface area contributed by atoms with Crippen molar-refractivity contribution in [1.29, 1.82) is 5.41 Å². The molecule has 0 aliphatic heterocycles. The Morgan fingerprint density at radius 1 is 0.972 bits per heavy atom. The molecular weight excluding hydrogens is 474 g/mol. The van der Waals surface area contributed by atoms with Crippen LogP contribution in [0.25, 0.3) is 0 Å². The second-order valence-corrected chi connectivity index (χ2v) is 11.5. The maximum Gasteiger partial charge on any atom is 0.338 e. The van der Waals surface area contributed by atoms with Crippen molar-refractivity contribution in [3.63, 3.8) is 0 Å². The van der Waals surface area contributed by atoms with E-state index in [1.165, 1.54) is 11.3 Å². The van der Waals surface area contributed by atoms with E-state index in [1.54, 1.807) is 36.4 Å². The van der Waals surface area contributed by atoms with Gasteiger partial charge in [0.25, 0.3) is 5.91 Å². The van der Waals surface area contributed by atoms with Crippen LogP contribution in [-0.4, -0.2) is 22.9 Å². The standard InChI is InChI=1S/C27H33N5O3S/c1-26(2,3)19-14-18(15-20(22(19)33)27(4,5)6)32(25(29)35)31-24(34)16-9-11-17(12-10-16)30-23(28)21-8-7-13-36-21/h7-15,33H,1-6H3,(H2,28,30)(H2,29,35)(H,31,34). The number of hydrogen-bond donors (Lipinski definition) is 5. The number of anilines is 2. The van der Waals surface area contributed by atoms with Crippen molar-refractivity contribution in [2.75, 3.05) is 10.3 Å².